The van der Waals surface area contributed by atoms with Crippen LogP contribution in [0.15, 0.2) is 24.5 Å². The first-order valence-electron chi connectivity index (χ1n) is 9.57. The Morgan fingerprint density at radius 2 is 1.92 bits per heavy atom. The van der Waals surface area contributed by atoms with Crippen LogP contribution in [-0.4, -0.2) is 39.1 Å². The molecule has 0 atom stereocenters. The molecule has 0 N–H and O–H groups in total. The maximum absolute atomic E-state index is 12.8. The van der Waals surface area contributed by atoms with Crippen molar-refractivity contribution >= 4 is 11.6 Å². The highest BCUT2D eigenvalue weighted by atomic mass is 16.2. The van der Waals surface area contributed by atoms with Crippen molar-refractivity contribution in [2.45, 2.75) is 45.2 Å². The van der Waals surface area contributed by atoms with Gasteiger partial charge in [-0.2, -0.15) is 10.2 Å². The SMILES string of the molecule is O=C(CC1CN(c2cccnc2)C1)N1Cc2nnc3c(c2C1)CCCC3. The molecule has 1 aliphatic carbocycles. The molecule has 5 rings (SSSR count). The second kappa shape index (κ2) is 6.34. The molecule has 0 aromatic carbocycles. The number of aromatic nitrogens is 3. The Balaban J connectivity index is 1.20. The van der Waals surface area contributed by atoms with Gasteiger partial charge in [-0.3, -0.25) is 9.78 Å². The molecule has 1 saturated heterocycles. The molecule has 2 aromatic heterocycles. The molecule has 6 heteroatoms. The van der Waals surface area contributed by atoms with E-state index in [-0.39, 0.29) is 5.91 Å². The van der Waals surface area contributed by atoms with Crippen LogP contribution >= 0.6 is 0 Å². The second-order valence-electron chi connectivity index (χ2n) is 7.69. The van der Waals surface area contributed by atoms with E-state index in [1.807, 2.05) is 17.2 Å². The number of hydrogen-bond donors (Lipinski definition) is 0. The molecule has 3 aliphatic rings. The van der Waals surface area contributed by atoms with Crippen LogP contribution in [0, 0.1) is 5.92 Å². The van der Waals surface area contributed by atoms with Gasteiger partial charge < -0.3 is 9.80 Å². The third-order valence-corrected chi connectivity index (χ3v) is 5.92. The zero-order chi connectivity index (χ0) is 17.5. The molecular weight excluding hydrogens is 326 g/mol. The minimum Gasteiger partial charge on any atom is -0.370 e. The fraction of sp³-hybridized carbons (Fsp3) is 0.500. The lowest BCUT2D eigenvalue weighted by molar-refractivity contribution is -0.133. The molecule has 1 amide bonds. The largest absolute Gasteiger partial charge is 0.370 e. The van der Waals surface area contributed by atoms with Crippen LogP contribution in [0.1, 0.15) is 41.8 Å². The van der Waals surface area contributed by atoms with Crippen molar-refractivity contribution in [1.29, 1.82) is 0 Å². The van der Waals surface area contributed by atoms with E-state index >= 15 is 0 Å². The third kappa shape index (κ3) is 2.73. The molecule has 2 aliphatic heterocycles. The molecule has 0 bridgehead atoms. The van der Waals surface area contributed by atoms with E-state index in [9.17, 15) is 4.79 Å². The Morgan fingerprint density at radius 3 is 2.77 bits per heavy atom. The van der Waals surface area contributed by atoms with E-state index in [1.165, 1.54) is 24.0 Å². The average molecular weight is 349 g/mol. The molecule has 26 heavy (non-hydrogen) atoms. The van der Waals surface area contributed by atoms with Crippen LogP contribution in [0.3, 0.4) is 0 Å². The van der Waals surface area contributed by atoms with Gasteiger partial charge in [-0.1, -0.05) is 0 Å². The Morgan fingerprint density at radius 1 is 1.08 bits per heavy atom. The minimum absolute atomic E-state index is 0.253. The average Bonchev–Trinajstić information content (AvgIpc) is 3.10. The van der Waals surface area contributed by atoms with Crippen LogP contribution in [0.5, 0.6) is 0 Å². The van der Waals surface area contributed by atoms with E-state index in [0.29, 0.717) is 18.9 Å². The van der Waals surface area contributed by atoms with Gasteiger partial charge in [-0.25, -0.2) is 0 Å². The summed E-state index contributed by atoms with van der Waals surface area (Å²) in [5, 5.41) is 8.83. The predicted octanol–water partition coefficient (Wildman–Crippen LogP) is 2.12. The summed E-state index contributed by atoms with van der Waals surface area (Å²) in [6, 6.07) is 4.03. The quantitative estimate of drug-likeness (QED) is 0.849. The number of aryl methyl sites for hydroxylation is 1. The van der Waals surface area contributed by atoms with Gasteiger partial charge in [-0.05, 0) is 43.4 Å². The molecule has 1 fully saturated rings. The Hall–Kier alpha value is -2.50. The highest BCUT2D eigenvalue weighted by Gasteiger charge is 2.34. The number of rotatable bonds is 3. The lowest BCUT2D eigenvalue weighted by Gasteiger charge is -2.41. The van der Waals surface area contributed by atoms with E-state index in [4.69, 9.17) is 0 Å². The first kappa shape index (κ1) is 15.7. The van der Waals surface area contributed by atoms with Crippen LogP contribution in [-0.2, 0) is 30.7 Å². The second-order valence-corrected chi connectivity index (χ2v) is 7.69. The highest BCUT2D eigenvalue weighted by molar-refractivity contribution is 5.77. The summed E-state index contributed by atoms with van der Waals surface area (Å²) in [6.45, 7) is 3.24. The third-order valence-electron chi connectivity index (χ3n) is 5.92. The molecule has 4 heterocycles. The summed E-state index contributed by atoms with van der Waals surface area (Å²) in [7, 11) is 0. The number of carbonyl (C=O) groups is 1. The van der Waals surface area contributed by atoms with Gasteiger partial charge in [0.25, 0.3) is 0 Å². The smallest absolute Gasteiger partial charge is 0.223 e. The Kier molecular flexibility index (Phi) is 3.84. The fourth-order valence-electron chi connectivity index (χ4n) is 4.42. The summed E-state index contributed by atoms with van der Waals surface area (Å²) in [4.78, 5) is 21.2. The zero-order valence-corrected chi connectivity index (χ0v) is 14.9. The Labute approximate surface area is 153 Å². The molecule has 0 unspecified atom stereocenters. The zero-order valence-electron chi connectivity index (χ0n) is 14.9. The predicted molar refractivity (Wildman–Crippen MR) is 97.5 cm³/mol. The van der Waals surface area contributed by atoms with Crippen molar-refractivity contribution in [2.75, 3.05) is 18.0 Å². The topological polar surface area (TPSA) is 62.2 Å². The molecule has 0 saturated carbocycles. The first-order valence-corrected chi connectivity index (χ1v) is 9.57. The molecule has 134 valence electrons. The fourth-order valence-corrected chi connectivity index (χ4v) is 4.42. The number of carbonyl (C=O) groups excluding carboxylic acids is 1. The maximum Gasteiger partial charge on any atom is 0.223 e. The van der Waals surface area contributed by atoms with E-state index in [1.54, 1.807) is 6.20 Å². The Bertz CT molecular complexity index is 832. The van der Waals surface area contributed by atoms with Gasteiger partial charge in [-0.15, -0.1) is 0 Å². The summed E-state index contributed by atoms with van der Waals surface area (Å²) in [5.74, 6) is 0.690. The minimum atomic E-state index is 0.253. The van der Waals surface area contributed by atoms with Crippen molar-refractivity contribution < 1.29 is 4.79 Å². The van der Waals surface area contributed by atoms with Crippen LogP contribution in [0.25, 0.3) is 0 Å². The summed E-state index contributed by atoms with van der Waals surface area (Å²) < 4.78 is 0. The number of nitrogens with zero attached hydrogens (tertiary/aromatic N) is 5. The number of amides is 1. The van der Waals surface area contributed by atoms with Gasteiger partial charge in [0, 0.05) is 43.7 Å². The molecular formula is C20H23N5O. The van der Waals surface area contributed by atoms with E-state index in [2.05, 4.69) is 26.1 Å². The lowest BCUT2D eigenvalue weighted by Crippen LogP contribution is -2.48. The van der Waals surface area contributed by atoms with Gasteiger partial charge in [0.1, 0.15) is 0 Å². The number of hydrogen-bond acceptors (Lipinski definition) is 5. The van der Waals surface area contributed by atoms with Crippen molar-refractivity contribution in [1.82, 2.24) is 20.1 Å². The summed E-state index contributed by atoms with van der Waals surface area (Å²) in [5.41, 5.74) is 5.99. The standard InChI is InChI=1S/C20H23N5O/c26-20(8-14-10-24(11-14)15-4-3-7-21-9-15)25-12-17-16-5-1-2-6-18(16)22-23-19(17)13-25/h3-4,7,9,14H,1-2,5-6,8,10-13H2. The molecule has 0 radical (unpaired) electrons. The molecule has 6 nitrogen and oxygen atoms in total. The number of pyridine rings is 1. The van der Waals surface area contributed by atoms with Crippen LogP contribution < -0.4 is 4.90 Å². The molecule has 0 spiro atoms. The van der Waals surface area contributed by atoms with Gasteiger partial charge >= 0.3 is 0 Å². The number of fused-ring (bicyclic) bond motifs is 3. The van der Waals surface area contributed by atoms with Gasteiger partial charge in [0.2, 0.25) is 5.91 Å². The number of anilines is 1. The summed E-state index contributed by atoms with van der Waals surface area (Å²) >= 11 is 0. The van der Waals surface area contributed by atoms with Crippen LogP contribution in [0.4, 0.5) is 5.69 Å². The monoisotopic (exact) mass is 349 g/mol. The van der Waals surface area contributed by atoms with E-state index < -0.39 is 0 Å². The van der Waals surface area contributed by atoms with Crippen molar-refractivity contribution in [3.05, 3.63) is 47.0 Å². The lowest BCUT2D eigenvalue weighted by atomic mass is 9.92. The van der Waals surface area contributed by atoms with Gasteiger partial charge in [0.15, 0.2) is 0 Å². The first-order chi connectivity index (χ1) is 12.8. The van der Waals surface area contributed by atoms with Crippen molar-refractivity contribution in [3.8, 4) is 0 Å². The normalized spacial score (nSPS) is 19.1. The summed E-state index contributed by atoms with van der Waals surface area (Å²) in [6.07, 6.45) is 8.87. The maximum atomic E-state index is 12.8. The van der Waals surface area contributed by atoms with Crippen molar-refractivity contribution in [2.24, 2.45) is 5.92 Å². The van der Waals surface area contributed by atoms with E-state index in [0.717, 1.165) is 49.6 Å². The highest BCUT2D eigenvalue weighted by Crippen LogP contribution is 2.32. The van der Waals surface area contributed by atoms with Gasteiger partial charge in [0.05, 0.1) is 29.8 Å². The van der Waals surface area contributed by atoms with Crippen LogP contribution in [0.2, 0.25) is 0 Å². The molecule has 2 aromatic rings. The van der Waals surface area contributed by atoms with Crippen molar-refractivity contribution in [3.63, 3.8) is 0 Å².